The predicted molar refractivity (Wildman–Crippen MR) is 75.0 cm³/mol. The van der Waals surface area contributed by atoms with Crippen LogP contribution in [0.15, 0.2) is 46.7 Å². The van der Waals surface area contributed by atoms with E-state index in [1.807, 2.05) is 6.92 Å². The number of hydrogen-bond acceptors (Lipinski definition) is 4. The van der Waals surface area contributed by atoms with Gasteiger partial charge >= 0.3 is 0 Å². The van der Waals surface area contributed by atoms with Crippen LogP contribution < -0.4 is 5.32 Å². The van der Waals surface area contributed by atoms with Crippen molar-refractivity contribution in [1.29, 1.82) is 0 Å². The molecule has 2 aromatic rings. The fourth-order valence-corrected chi connectivity index (χ4v) is 3.16. The summed E-state index contributed by atoms with van der Waals surface area (Å²) in [5.41, 5.74) is 0.988. The first-order valence-electron chi connectivity index (χ1n) is 5.60. The van der Waals surface area contributed by atoms with Crippen molar-refractivity contribution in [2.24, 2.45) is 0 Å². The zero-order chi connectivity index (χ0) is 13.9. The Morgan fingerprint density at radius 1 is 1.21 bits per heavy atom. The lowest BCUT2D eigenvalue weighted by atomic mass is 10.2. The summed E-state index contributed by atoms with van der Waals surface area (Å²) in [5.74, 6) is -0.766. The molecule has 19 heavy (non-hydrogen) atoms. The van der Waals surface area contributed by atoms with Crippen LogP contribution >= 0.6 is 11.3 Å². The van der Waals surface area contributed by atoms with Gasteiger partial charge in [-0.3, -0.25) is 4.79 Å². The number of carbonyl (C=O) groups excluding carboxylic acids is 1. The highest BCUT2D eigenvalue weighted by Crippen LogP contribution is 2.12. The molecule has 0 spiro atoms. The quantitative estimate of drug-likeness (QED) is 0.940. The summed E-state index contributed by atoms with van der Waals surface area (Å²) >= 11 is 1.27. The molecule has 1 amide bonds. The minimum absolute atomic E-state index is 0.213. The van der Waals surface area contributed by atoms with Crippen LogP contribution in [-0.4, -0.2) is 20.2 Å². The van der Waals surface area contributed by atoms with E-state index in [2.05, 4.69) is 5.32 Å². The van der Waals surface area contributed by atoms with Crippen LogP contribution in [0.2, 0.25) is 0 Å². The normalized spacial score (nSPS) is 11.2. The molecular formula is C13H13NO3S2. The van der Waals surface area contributed by atoms with Gasteiger partial charge < -0.3 is 5.32 Å². The summed E-state index contributed by atoms with van der Waals surface area (Å²) in [6.45, 7) is 1.88. The van der Waals surface area contributed by atoms with Crippen molar-refractivity contribution in [3.63, 3.8) is 0 Å². The first-order valence-corrected chi connectivity index (χ1v) is 8.13. The maximum atomic E-state index is 12.0. The molecule has 0 aliphatic rings. The Morgan fingerprint density at radius 2 is 1.89 bits per heavy atom. The van der Waals surface area contributed by atoms with E-state index >= 15 is 0 Å². The molecule has 1 N–H and O–H groups in total. The topological polar surface area (TPSA) is 63.2 Å². The lowest BCUT2D eigenvalue weighted by Crippen LogP contribution is -2.29. The van der Waals surface area contributed by atoms with E-state index in [0.29, 0.717) is 4.88 Å². The Labute approximate surface area is 116 Å². The highest BCUT2D eigenvalue weighted by atomic mass is 32.2. The van der Waals surface area contributed by atoms with E-state index in [1.54, 1.807) is 41.8 Å². The van der Waals surface area contributed by atoms with Crippen LogP contribution in [0.5, 0.6) is 0 Å². The Morgan fingerprint density at radius 3 is 2.47 bits per heavy atom. The molecule has 1 aromatic heterocycles. The van der Waals surface area contributed by atoms with Crippen molar-refractivity contribution in [3.8, 4) is 0 Å². The van der Waals surface area contributed by atoms with Crippen molar-refractivity contribution in [2.75, 3.05) is 5.88 Å². The fourth-order valence-electron chi connectivity index (χ4n) is 1.48. The summed E-state index contributed by atoms with van der Waals surface area (Å²) in [5, 5.41) is 4.19. The number of aryl methyl sites for hydroxylation is 1. The first-order chi connectivity index (χ1) is 8.99. The molecule has 6 heteroatoms. The van der Waals surface area contributed by atoms with Crippen LogP contribution in [0.1, 0.15) is 15.2 Å². The van der Waals surface area contributed by atoms with E-state index in [0.717, 1.165) is 5.56 Å². The predicted octanol–water partition coefficient (Wildman–Crippen LogP) is 2.22. The average molecular weight is 295 g/mol. The van der Waals surface area contributed by atoms with Gasteiger partial charge in [0.15, 0.2) is 9.84 Å². The highest BCUT2D eigenvalue weighted by Gasteiger charge is 2.16. The number of thiophene rings is 1. The molecule has 1 aromatic carbocycles. The lowest BCUT2D eigenvalue weighted by Gasteiger charge is -2.06. The van der Waals surface area contributed by atoms with Crippen molar-refractivity contribution in [3.05, 3.63) is 52.2 Å². The number of sulfone groups is 1. The van der Waals surface area contributed by atoms with E-state index in [1.165, 1.54) is 11.3 Å². The monoisotopic (exact) mass is 295 g/mol. The summed E-state index contributed by atoms with van der Waals surface area (Å²) in [6, 6.07) is 9.94. The number of carbonyl (C=O) groups is 1. The number of amides is 1. The Balaban J connectivity index is 2.06. The molecule has 0 unspecified atom stereocenters. The number of nitrogens with one attached hydrogen (secondary N) is 1. The van der Waals surface area contributed by atoms with Gasteiger partial charge in [0.25, 0.3) is 5.91 Å². The van der Waals surface area contributed by atoms with Gasteiger partial charge in [0.05, 0.1) is 9.77 Å². The van der Waals surface area contributed by atoms with Crippen molar-refractivity contribution < 1.29 is 13.2 Å². The van der Waals surface area contributed by atoms with Crippen LogP contribution in [0, 0.1) is 6.92 Å². The third-order valence-electron chi connectivity index (χ3n) is 2.55. The van der Waals surface area contributed by atoms with E-state index in [-0.39, 0.29) is 10.8 Å². The SMILES string of the molecule is Cc1ccc(S(=O)(=O)CNC(=O)c2cccs2)cc1. The molecule has 2 rings (SSSR count). The maximum absolute atomic E-state index is 12.0. The molecule has 0 bridgehead atoms. The van der Waals surface area contributed by atoms with E-state index < -0.39 is 15.7 Å². The number of rotatable bonds is 4. The van der Waals surface area contributed by atoms with Crippen LogP contribution in [-0.2, 0) is 9.84 Å². The van der Waals surface area contributed by atoms with Crippen LogP contribution in [0.4, 0.5) is 0 Å². The van der Waals surface area contributed by atoms with Gasteiger partial charge in [-0.05, 0) is 30.5 Å². The van der Waals surface area contributed by atoms with Gasteiger partial charge in [0.1, 0.15) is 5.88 Å². The first kappa shape index (κ1) is 13.8. The standard InChI is InChI=1S/C13H13NO3S2/c1-10-4-6-11(7-5-10)19(16,17)9-14-13(15)12-3-2-8-18-12/h2-8H,9H2,1H3,(H,14,15). The minimum atomic E-state index is -3.49. The molecule has 0 atom stereocenters. The van der Waals surface area contributed by atoms with E-state index in [9.17, 15) is 13.2 Å². The van der Waals surface area contributed by atoms with Crippen molar-refractivity contribution >= 4 is 27.1 Å². The van der Waals surface area contributed by atoms with Crippen molar-refractivity contribution in [1.82, 2.24) is 5.32 Å². The molecular weight excluding hydrogens is 282 g/mol. The number of benzene rings is 1. The molecule has 1 heterocycles. The highest BCUT2D eigenvalue weighted by molar-refractivity contribution is 7.91. The molecule has 0 fully saturated rings. The zero-order valence-corrected chi connectivity index (χ0v) is 11.9. The van der Waals surface area contributed by atoms with Gasteiger partial charge in [-0.15, -0.1) is 11.3 Å². The van der Waals surface area contributed by atoms with Gasteiger partial charge in [-0.2, -0.15) is 0 Å². The van der Waals surface area contributed by atoms with Crippen LogP contribution in [0.25, 0.3) is 0 Å². The molecule has 0 saturated carbocycles. The maximum Gasteiger partial charge on any atom is 0.262 e. The molecule has 0 aliphatic carbocycles. The van der Waals surface area contributed by atoms with Gasteiger partial charge in [-0.25, -0.2) is 8.42 Å². The second kappa shape index (κ2) is 5.54. The Kier molecular flexibility index (Phi) is 4.01. The second-order valence-corrected chi connectivity index (χ2v) is 6.99. The molecule has 0 aliphatic heterocycles. The summed E-state index contributed by atoms with van der Waals surface area (Å²) in [7, 11) is -3.49. The third-order valence-corrected chi connectivity index (χ3v) is 4.93. The summed E-state index contributed by atoms with van der Waals surface area (Å²) in [6.07, 6.45) is 0. The fraction of sp³-hybridized carbons (Fsp3) is 0.154. The lowest BCUT2D eigenvalue weighted by molar-refractivity contribution is 0.0964. The zero-order valence-electron chi connectivity index (χ0n) is 10.3. The van der Waals surface area contributed by atoms with Crippen molar-refractivity contribution in [2.45, 2.75) is 11.8 Å². The van der Waals surface area contributed by atoms with Gasteiger partial charge in [-0.1, -0.05) is 23.8 Å². The molecule has 100 valence electrons. The second-order valence-electron chi connectivity index (χ2n) is 4.06. The average Bonchev–Trinajstić information content (AvgIpc) is 2.90. The Bertz CT molecular complexity index is 658. The number of hydrogen-bond donors (Lipinski definition) is 1. The Hall–Kier alpha value is -1.66. The summed E-state index contributed by atoms with van der Waals surface area (Å²) < 4.78 is 24.0. The van der Waals surface area contributed by atoms with Gasteiger partial charge in [0.2, 0.25) is 0 Å². The molecule has 0 radical (unpaired) electrons. The third kappa shape index (κ3) is 3.42. The summed E-state index contributed by atoms with van der Waals surface area (Å²) in [4.78, 5) is 12.4. The largest absolute Gasteiger partial charge is 0.337 e. The van der Waals surface area contributed by atoms with Gasteiger partial charge in [0, 0.05) is 0 Å². The van der Waals surface area contributed by atoms with Crippen LogP contribution in [0.3, 0.4) is 0 Å². The minimum Gasteiger partial charge on any atom is -0.337 e. The molecule has 0 saturated heterocycles. The van der Waals surface area contributed by atoms with E-state index in [4.69, 9.17) is 0 Å². The smallest absolute Gasteiger partial charge is 0.262 e. The molecule has 4 nitrogen and oxygen atoms in total.